The van der Waals surface area contributed by atoms with Gasteiger partial charge in [0.1, 0.15) is 12.7 Å². The van der Waals surface area contributed by atoms with Crippen molar-refractivity contribution in [3.8, 4) is 0 Å². The lowest BCUT2D eigenvalue weighted by Crippen LogP contribution is -3.07. The Kier molecular flexibility index (Phi) is 4.48. The Labute approximate surface area is 60.8 Å². The van der Waals surface area contributed by atoms with Gasteiger partial charge < -0.3 is 22.8 Å². The van der Waals surface area contributed by atoms with Gasteiger partial charge in [-0.25, -0.2) is 0 Å². The summed E-state index contributed by atoms with van der Waals surface area (Å²) in [6, 6.07) is 0. The van der Waals surface area contributed by atoms with E-state index in [0.717, 1.165) is 13.2 Å². The summed E-state index contributed by atoms with van der Waals surface area (Å²) >= 11 is 0. The molecule has 1 rings (SSSR count). The van der Waals surface area contributed by atoms with Gasteiger partial charge in [0.2, 0.25) is 0 Å². The third-order valence-corrected chi connectivity index (χ3v) is 1.20. The SMILES string of the molecule is OCC[NH+]1C=CNC1.[Cl-]. The summed E-state index contributed by atoms with van der Waals surface area (Å²) in [5.74, 6) is 0. The maximum atomic E-state index is 8.44. The highest BCUT2D eigenvalue weighted by Gasteiger charge is 2.05. The van der Waals surface area contributed by atoms with E-state index in [4.69, 9.17) is 5.11 Å². The van der Waals surface area contributed by atoms with Crippen LogP contribution in [0.3, 0.4) is 0 Å². The quantitative estimate of drug-likeness (QED) is 0.369. The van der Waals surface area contributed by atoms with Gasteiger partial charge in [-0.3, -0.25) is 4.90 Å². The van der Waals surface area contributed by atoms with Gasteiger partial charge in [0.05, 0.1) is 12.8 Å². The zero-order chi connectivity index (χ0) is 5.82. The average molecular weight is 151 g/mol. The largest absolute Gasteiger partial charge is 1.00 e. The molecule has 1 aliphatic heterocycles. The van der Waals surface area contributed by atoms with Crippen molar-refractivity contribution >= 4 is 0 Å². The number of hydrogen-bond acceptors (Lipinski definition) is 2. The Morgan fingerprint density at radius 2 is 2.44 bits per heavy atom. The predicted octanol–water partition coefficient (Wildman–Crippen LogP) is -5.10. The second-order valence-corrected chi connectivity index (χ2v) is 1.85. The zero-order valence-electron chi connectivity index (χ0n) is 5.10. The van der Waals surface area contributed by atoms with Crippen molar-refractivity contribution in [3.05, 3.63) is 12.4 Å². The Hall–Kier alpha value is -0.250. The summed E-state index contributed by atoms with van der Waals surface area (Å²) in [6.45, 7) is 1.99. The van der Waals surface area contributed by atoms with E-state index in [9.17, 15) is 0 Å². The maximum absolute atomic E-state index is 8.44. The average Bonchev–Trinajstić information content (AvgIpc) is 2.19. The van der Waals surface area contributed by atoms with E-state index in [2.05, 4.69) is 5.32 Å². The molecule has 1 aliphatic rings. The molecule has 0 saturated carbocycles. The van der Waals surface area contributed by atoms with Gasteiger partial charge in [0.25, 0.3) is 0 Å². The molecule has 1 atom stereocenters. The number of rotatable bonds is 2. The van der Waals surface area contributed by atoms with Crippen molar-refractivity contribution in [2.75, 3.05) is 19.8 Å². The predicted molar refractivity (Wildman–Crippen MR) is 30.1 cm³/mol. The molecule has 0 spiro atoms. The van der Waals surface area contributed by atoms with Gasteiger partial charge in [-0.2, -0.15) is 0 Å². The van der Waals surface area contributed by atoms with Crippen LogP contribution in [-0.4, -0.2) is 24.9 Å². The van der Waals surface area contributed by atoms with Crippen LogP contribution in [0.2, 0.25) is 0 Å². The molecule has 0 aromatic heterocycles. The highest BCUT2D eigenvalue weighted by molar-refractivity contribution is 4.71. The molecule has 0 amide bonds. The van der Waals surface area contributed by atoms with Gasteiger partial charge in [-0.05, 0) is 0 Å². The Balaban J connectivity index is 0.000000640. The third-order valence-electron chi connectivity index (χ3n) is 1.20. The van der Waals surface area contributed by atoms with Gasteiger partial charge in [0.15, 0.2) is 6.67 Å². The molecule has 1 unspecified atom stereocenters. The third kappa shape index (κ3) is 2.70. The minimum Gasteiger partial charge on any atom is -1.00 e. The van der Waals surface area contributed by atoms with Gasteiger partial charge in [0, 0.05) is 0 Å². The van der Waals surface area contributed by atoms with Crippen molar-refractivity contribution < 1.29 is 22.4 Å². The van der Waals surface area contributed by atoms with E-state index in [-0.39, 0.29) is 19.0 Å². The Morgan fingerprint density at radius 1 is 1.67 bits per heavy atom. The van der Waals surface area contributed by atoms with E-state index < -0.39 is 0 Å². The first-order chi connectivity index (χ1) is 3.93. The number of quaternary nitrogens is 1. The van der Waals surface area contributed by atoms with E-state index >= 15 is 0 Å². The first-order valence-corrected chi connectivity index (χ1v) is 2.79. The van der Waals surface area contributed by atoms with Crippen LogP contribution in [-0.2, 0) is 0 Å². The van der Waals surface area contributed by atoms with Crippen molar-refractivity contribution in [1.82, 2.24) is 5.32 Å². The molecular weight excluding hydrogens is 140 g/mol. The summed E-state index contributed by atoms with van der Waals surface area (Å²) in [5.41, 5.74) is 0. The molecule has 0 aromatic rings. The van der Waals surface area contributed by atoms with Crippen LogP contribution >= 0.6 is 0 Å². The number of halogens is 1. The van der Waals surface area contributed by atoms with Crippen molar-refractivity contribution in [1.29, 1.82) is 0 Å². The molecular formula is C5H11ClN2O. The fourth-order valence-corrected chi connectivity index (χ4v) is 0.741. The van der Waals surface area contributed by atoms with E-state index in [1.807, 2.05) is 12.4 Å². The summed E-state index contributed by atoms with van der Waals surface area (Å²) in [4.78, 5) is 1.28. The highest BCUT2D eigenvalue weighted by Crippen LogP contribution is 1.61. The zero-order valence-corrected chi connectivity index (χ0v) is 5.86. The van der Waals surface area contributed by atoms with Crippen LogP contribution in [0.4, 0.5) is 0 Å². The molecule has 3 nitrogen and oxygen atoms in total. The van der Waals surface area contributed by atoms with Crippen molar-refractivity contribution in [2.24, 2.45) is 0 Å². The van der Waals surface area contributed by atoms with E-state index in [1.54, 1.807) is 0 Å². The first kappa shape index (κ1) is 8.75. The summed E-state index contributed by atoms with van der Waals surface area (Å²) in [6.07, 6.45) is 3.92. The second-order valence-electron chi connectivity index (χ2n) is 1.85. The smallest absolute Gasteiger partial charge is 0.154 e. The van der Waals surface area contributed by atoms with Gasteiger partial charge >= 0.3 is 0 Å². The molecule has 3 N–H and O–H groups in total. The lowest BCUT2D eigenvalue weighted by atomic mass is 10.6. The van der Waals surface area contributed by atoms with Crippen LogP contribution in [0.25, 0.3) is 0 Å². The lowest BCUT2D eigenvalue weighted by Gasteiger charge is -2.04. The molecule has 4 heteroatoms. The number of aliphatic hydroxyl groups is 1. The minimum atomic E-state index is 0. The molecule has 0 aliphatic carbocycles. The molecule has 0 bridgehead atoms. The van der Waals surface area contributed by atoms with Crippen LogP contribution in [0.5, 0.6) is 0 Å². The first-order valence-electron chi connectivity index (χ1n) is 2.79. The molecule has 54 valence electrons. The monoisotopic (exact) mass is 150 g/mol. The molecule has 0 aromatic carbocycles. The number of aliphatic hydroxyl groups excluding tert-OH is 1. The van der Waals surface area contributed by atoms with Crippen LogP contribution in [0, 0.1) is 0 Å². The fraction of sp³-hybridized carbons (Fsp3) is 0.600. The normalized spacial score (nSPS) is 23.0. The van der Waals surface area contributed by atoms with E-state index in [0.29, 0.717) is 0 Å². The van der Waals surface area contributed by atoms with Crippen LogP contribution in [0.15, 0.2) is 12.4 Å². The van der Waals surface area contributed by atoms with Crippen molar-refractivity contribution in [3.63, 3.8) is 0 Å². The topological polar surface area (TPSA) is 36.7 Å². The molecule has 1 heterocycles. The van der Waals surface area contributed by atoms with Gasteiger partial charge in [-0.1, -0.05) is 0 Å². The molecule has 9 heavy (non-hydrogen) atoms. The van der Waals surface area contributed by atoms with Crippen LogP contribution in [0.1, 0.15) is 0 Å². The minimum absolute atomic E-state index is 0. The molecule has 0 radical (unpaired) electrons. The van der Waals surface area contributed by atoms with E-state index in [1.165, 1.54) is 4.90 Å². The number of nitrogens with one attached hydrogen (secondary N) is 2. The molecule has 0 fully saturated rings. The second kappa shape index (κ2) is 4.61. The maximum Gasteiger partial charge on any atom is 0.154 e. The van der Waals surface area contributed by atoms with Crippen molar-refractivity contribution in [2.45, 2.75) is 0 Å². The standard InChI is InChI=1S/C5H10N2O.ClH/c8-4-3-7-2-1-6-5-7;/h1-2,6,8H,3-5H2;1H. The van der Waals surface area contributed by atoms with Gasteiger partial charge in [-0.15, -0.1) is 0 Å². The lowest BCUT2D eigenvalue weighted by molar-refractivity contribution is -0.843. The van der Waals surface area contributed by atoms with Crippen LogP contribution < -0.4 is 22.6 Å². The Morgan fingerprint density at radius 3 is 2.89 bits per heavy atom. The molecule has 0 saturated heterocycles. The summed E-state index contributed by atoms with van der Waals surface area (Å²) in [7, 11) is 0. The summed E-state index contributed by atoms with van der Waals surface area (Å²) < 4.78 is 0. The highest BCUT2D eigenvalue weighted by atomic mass is 35.5. The fourth-order valence-electron chi connectivity index (χ4n) is 0.741. The number of hydrogen-bond donors (Lipinski definition) is 3. The summed E-state index contributed by atoms with van der Waals surface area (Å²) in [5, 5.41) is 11.5. The Bertz CT molecular complexity index is 97.0.